The summed E-state index contributed by atoms with van der Waals surface area (Å²) in [5, 5.41) is 2.75. The molecule has 1 aliphatic rings. The highest BCUT2D eigenvalue weighted by Crippen LogP contribution is 2.34. The van der Waals surface area contributed by atoms with E-state index in [-0.39, 0.29) is 25.0 Å². The lowest BCUT2D eigenvalue weighted by Gasteiger charge is -2.26. The Labute approximate surface area is 220 Å². The van der Waals surface area contributed by atoms with E-state index in [1.54, 1.807) is 0 Å². The number of carbonyl (C=O) groups is 3. The second-order valence-electron chi connectivity index (χ2n) is 10.5. The van der Waals surface area contributed by atoms with Crippen LogP contribution in [-0.4, -0.2) is 35.6 Å². The first-order valence-corrected chi connectivity index (χ1v) is 13.3. The van der Waals surface area contributed by atoms with E-state index in [2.05, 4.69) is 26.1 Å². The molecule has 2 aromatic rings. The van der Waals surface area contributed by atoms with E-state index < -0.39 is 30.3 Å². The summed E-state index contributed by atoms with van der Waals surface area (Å²) in [5.41, 5.74) is 1.73. The normalized spacial score (nSPS) is 18.8. The van der Waals surface area contributed by atoms with Gasteiger partial charge in [-0.25, -0.2) is 14.5 Å². The molecule has 200 valence electrons. The van der Waals surface area contributed by atoms with Crippen molar-refractivity contribution < 1.29 is 23.9 Å². The van der Waals surface area contributed by atoms with Crippen LogP contribution in [0.4, 0.5) is 9.59 Å². The fraction of sp³-hybridized carbons (Fsp3) is 0.500. The summed E-state index contributed by atoms with van der Waals surface area (Å²) in [6.07, 6.45) is 1.98. The average molecular weight is 509 g/mol. The number of alkyl carbamates (subject to hydrolysis) is 1. The molecule has 3 amide bonds. The zero-order chi connectivity index (χ0) is 26.8. The van der Waals surface area contributed by atoms with E-state index in [4.69, 9.17) is 9.47 Å². The Kier molecular flexibility index (Phi) is 10.5. The van der Waals surface area contributed by atoms with Crippen LogP contribution in [0, 0.1) is 17.8 Å². The maximum absolute atomic E-state index is 13.7. The summed E-state index contributed by atoms with van der Waals surface area (Å²) in [5.74, 6) is -0.00708. The number of rotatable bonds is 12. The van der Waals surface area contributed by atoms with Crippen LogP contribution in [0.5, 0.6) is 0 Å². The number of nitrogens with zero attached hydrogens (tertiary/aromatic N) is 1. The van der Waals surface area contributed by atoms with Crippen molar-refractivity contribution in [1.29, 1.82) is 0 Å². The van der Waals surface area contributed by atoms with Crippen LogP contribution in [0.15, 0.2) is 60.7 Å². The third-order valence-electron chi connectivity index (χ3n) is 6.86. The largest absolute Gasteiger partial charge is 0.445 e. The number of nitrogens with one attached hydrogen (secondary N) is 1. The van der Waals surface area contributed by atoms with Gasteiger partial charge in [0.25, 0.3) is 0 Å². The lowest BCUT2D eigenvalue weighted by atomic mass is 9.89. The molecule has 1 N–H and O–H groups in total. The quantitative estimate of drug-likeness (QED) is 0.354. The van der Waals surface area contributed by atoms with Gasteiger partial charge in [-0.05, 0) is 36.3 Å². The van der Waals surface area contributed by atoms with Crippen LogP contribution < -0.4 is 5.32 Å². The molecule has 0 aromatic heterocycles. The Balaban J connectivity index is 1.66. The number of ether oxygens (including phenoxy) is 2. The zero-order valence-electron chi connectivity index (χ0n) is 22.4. The molecule has 0 radical (unpaired) electrons. The lowest BCUT2D eigenvalue weighted by Crippen LogP contribution is -2.45. The first-order chi connectivity index (χ1) is 17.8. The first kappa shape index (κ1) is 28.2. The van der Waals surface area contributed by atoms with Gasteiger partial charge in [0.1, 0.15) is 12.7 Å². The number of carbonyl (C=O) groups excluding carboxylic acids is 3. The van der Waals surface area contributed by atoms with Crippen molar-refractivity contribution >= 4 is 18.1 Å². The van der Waals surface area contributed by atoms with Gasteiger partial charge >= 0.3 is 12.2 Å². The third kappa shape index (κ3) is 8.34. The number of cyclic esters (lactones) is 1. The van der Waals surface area contributed by atoms with E-state index in [0.29, 0.717) is 12.3 Å². The molecule has 1 aliphatic heterocycles. The van der Waals surface area contributed by atoms with E-state index in [0.717, 1.165) is 30.4 Å². The Morgan fingerprint density at radius 3 is 2.30 bits per heavy atom. The highest BCUT2D eigenvalue weighted by atomic mass is 16.6. The van der Waals surface area contributed by atoms with E-state index in [9.17, 15) is 14.4 Å². The van der Waals surface area contributed by atoms with Gasteiger partial charge in [-0.15, -0.1) is 0 Å². The van der Waals surface area contributed by atoms with Gasteiger partial charge in [0.15, 0.2) is 0 Å². The molecule has 1 heterocycles. The lowest BCUT2D eigenvalue weighted by molar-refractivity contribution is -0.133. The van der Waals surface area contributed by atoms with Crippen molar-refractivity contribution in [3.63, 3.8) is 0 Å². The standard InChI is InChI=1S/C30H40N2O5/c1-21(2)12-11-13-22(3)18-26(19-31-29(34)36-20-24-14-7-5-8-15-24)28(33)32-23(4)27(37-30(32)35)25-16-9-6-10-17-25/h5-10,14-17,21-23,26-27H,11-13,18-20H2,1-4H3,(H,31,34). The summed E-state index contributed by atoms with van der Waals surface area (Å²) in [4.78, 5) is 40.1. The van der Waals surface area contributed by atoms with Crippen molar-refractivity contribution in [2.45, 2.75) is 72.1 Å². The number of hydrogen-bond donors (Lipinski definition) is 1. The van der Waals surface area contributed by atoms with Gasteiger partial charge in [0.2, 0.25) is 5.91 Å². The van der Waals surface area contributed by atoms with E-state index in [1.807, 2.05) is 67.6 Å². The van der Waals surface area contributed by atoms with Crippen LogP contribution in [0.2, 0.25) is 0 Å². The molecule has 7 nitrogen and oxygen atoms in total. The second kappa shape index (κ2) is 13.8. The van der Waals surface area contributed by atoms with E-state index >= 15 is 0 Å². The van der Waals surface area contributed by atoms with Crippen LogP contribution in [-0.2, 0) is 20.9 Å². The molecule has 0 saturated carbocycles. The Bertz CT molecular complexity index is 1010. The molecule has 37 heavy (non-hydrogen) atoms. The molecular weight excluding hydrogens is 468 g/mol. The average Bonchev–Trinajstić information content (AvgIpc) is 3.19. The summed E-state index contributed by atoms with van der Waals surface area (Å²) in [6.45, 7) is 8.58. The molecule has 3 rings (SSSR count). The molecule has 0 aliphatic carbocycles. The van der Waals surface area contributed by atoms with Crippen molar-refractivity contribution in [3.05, 3.63) is 71.8 Å². The number of amides is 3. The number of hydrogen-bond acceptors (Lipinski definition) is 5. The molecule has 0 spiro atoms. The molecule has 2 aromatic carbocycles. The predicted molar refractivity (Wildman–Crippen MR) is 143 cm³/mol. The topological polar surface area (TPSA) is 84.9 Å². The van der Waals surface area contributed by atoms with E-state index in [1.165, 1.54) is 4.90 Å². The van der Waals surface area contributed by atoms with Crippen LogP contribution >= 0.6 is 0 Å². The third-order valence-corrected chi connectivity index (χ3v) is 6.86. The summed E-state index contributed by atoms with van der Waals surface area (Å²) < 4.78 is 10.9. The van der Waals surface area contributed by atoms with Gasteiger partial charge < -0.3 is 14.8 Å². The van der Waals surface area contributed by atoms with Crippen molar-refractivity contribution in [2.75, 3.05) is 6.54 Å². The van der Waals surface area contributed by atoms with Crippen molar-refractivity contribution in [1.82, 2.24) is 10.2 Å². The monoisotopic (exact) mass is 508 g/mol. The smallest absolute Gasteiger partial charge is 0.417 e. The molecule has 1 saturated heterocycles. The molecule has 7 heteroatoms. The maximum atomic E-state index is 13.7. The highest BCUT2D eigenvalue weighted by Gasteiger charge is 2.45. The van der Waals surface area contributed by atoms with Crippen LogP contribution in [0.25, 0.3) is 0 Å². The molecule has 0 bridgehead atoms. The zero-order valence-corrected chi connectivity index (χ0v) is 22.4. The summed E-state index contributed by atoms with van der Waals surface area (Å²) in [6, 6.07) is 18.4. The minimum atomic E-state index is -0.643. The van der Waals surface area contributed by atoms with Crippen molar-refractivity contribution in [3.8, 4) is 0 Å². The SMILES string of the molecule is CC(C)CCCC(C)CC(CNC(=O)OCc1ccccc1)C(=O)N1C(=O)OC(c2ccccc2)C1C. The Morgan fingerprint density at radius 1 is 1.00 bits per heavy atom. The summed E-state index contributed by atoms with van der Waals surface area (Å²) >= 11 is 0. The van der Waals surface area contributed by atoms with Gasteiger partial charge in [-0.1, -0.05) is 101 Å². The molecule has 4 atom stereocenters. The first-order valence-electron chi connectivity index (χ1n) is 13.3. The van der Waals surface area contributed by atoms with Gasteiger partial charge in [0, 0.05) is 6.54 Å². The second-order valence-corrected chi connectivity index (χ2v) is 10.5. The minimum Gasteiger partial charge on any atom is -0.445 e. The minimum absolute atomic E-state index is 0.0908. The fourth-order valence-electron chi connectivity index (χ4n) is 4.77. The Morgan fingerprint density at radius 2 is 1.65 bits per heavy atom. The predicted octanol–water partition coefficient (Wildman–Crippen LogP) is 6.49. The molecular formula is C30H40N2O5. The Hall–Kier alpha value is -3.35. The van der Waals surface area contributed by atoms with Gasteiger partial charge in [-0.2, -0.15) is 0 Å². The molecule has 4 unspecified atom stereocenters. The highest BCUT2D eigenvalue weighted by molar-refractivity contribution is 5.95. The number of benzene rings is 2. The van der Waals surface area contributed by atoms with Crippen molar-refractivity contribution in [2.24, 2.45) is 17.8 Å². The molecule has 1 fully saturated rings. The van der Waals surface area contributed by atoms with Gasteiger partial charge in [0.05, 0.1) is 12.0 Å². The van der Waals surface area contributed by atoms with Crippen LogP contribution in [0.1, 0.15) is 70.6 Å². The van der Waals surface area contributed by atoms with Crippen LogP contribution in [0.3, 0.4) is 0 Å². The summed E-state index contributed by atoms with van der Waals surface area (Å²) in [7, 11) is 0. The fourth-order valence-corrected chi connectivity index (χ4v) is 4.77. The maximum Gasteiger partial charge on any atom is 0.417 e. The van der Waals surface area contributed by atoms with Gasteiger partial charge in [-0.3, -0.25) is 4.79 Å². The number of imide groups is 1.